The summed E-state index contributed by atoms with van der Waals surface area (Å²) in [7, 11) is 6.92. The molecular weight excluding hydrogens is 218 g/mol. The zero-order valence-electron chi connectivity index (χ0n) is 10.8. The molecule has 0 fully saturated rings. The second-order valence-electron chi connectivity index (χ2n) is 4.03. The molecule has 1 unspecified atom stereocenters. The van der Waals surface area contributed by atoms with Gasteiger partial charge in [-0.15, -0.1) is 0 Å². The van der Waals surface area contributed by atoms with Crippen LogP contribution in [-0.2, 0) is 9.53 Å². The molecule has 0 saturated heterocycles. The largest absolute Gasteiger partial charge is 0.497 e. The van der Waals surface area contributed by atoms with Crippen molar-refractivity contribution in [2.45, 2.75) is 12.5 Å². The maximum atomic E-state index is 11.3. The van der Waals surface area contributed by atoms with E-state index in [2.05, 4.69) is 0 Å². The van der Waals surface area contributed by atoms with Gasteiger partial charge in [0, 0.05) is 6.04 Å². The first kappa shape index (κ1) is 13.5. The fraction of sp³-hybridized carbons (Fsp3) is 0.462. The van der Waals surface area contributed by atoms with Gasteiger partial charge in [-0.1, -0.05) is 12.1 Å². The summed E-state index contributed by atoms with van der Waals surface area (Å²) in [6, 6.07) is 7.74. The lowest BCUT2D eigenvalue weighted by Crippen LogP contribution is -2.23. The lowest BCUT2D eigenvalue weighted by Gasteiger charge is -2.23. The van der Waals surface area contributed by atoms with Crippen LogP contribution < -0.4 is 4.74 Å². The third-order valence-electron chi connectivity index (χ3n) is 2.71. The monoisotopic (exact) mass is 237 g/mol. The zero-order valence-corrected chi connectivity index (χ0v) is 10.8. The molecule has 17 heavy (non-hydrogen) atoms. The van der Waals surface area contributed by atoms with Crippen LogP contribution in [0.4, 0.5) is 0 Å². The first-order valence-corrected chi connectivity index (χ1v) is 5.45. The highest BCUT2D eigenvalue weighted by molar-refractivity contribution is 5.70. The summed E-state index contributed by atoms with van der Waals surface area (Å²) in [5, 5.41) is 0. The zero-order chi connectivity index (χ0) is 12.8. The van der Waals surface area contributed by atoms with Crippen molar-refractivity contribution in [3.05, 3.63) is 29.8 Å². The maximum Gasteiger partial charge on any atom is 0.307 e. The lowest BCUT2D eigenvalue weighted by molar-refractivity contribution is -0.141. The molecule has 0 spiro atoms. The molecule has 0 heterocycles. The van der Waals surface area contributed by atoms with E-state index in [0.717, 1.165) is 11.3 Å². The molecule has 0 amide bonds. The highest BCUT2D eigenvalue weighted by Crippen LogP contribution is 2.24. The van der Waals surface area contributed by atoms with Crippen molar-refractivity contribution in [2.24, 2.45) is 0 Å². The number of carbonyl (C=O) groups is 1. The van der Waals surface area contributed by atoms with Gasteiger partial charge in [-0.05, 0) is 31.8 Å². The lowest BCUT2D eigenvalue weighted by atomic mass is 10.0. The van der Waals surface area contributed by atoms with E-state index in [1.54, 1.807) is 7.11 Å². The minimum absolute atomic E-state index is 0.0216. The van der Waals surface area contributed by atoms with Gasteiger partial charge in [-0.2, -0.15) is 0 Å². The van der Waals surface area contributed by atoms with E-state index in [1.807, 2.05) is 43.3 Å². The van der Waals surface area contributed by atoms with Crippen molar-refractivity contribution in [3.8, 4) is 5.75 Å². The molecule has 0 aromatic heterocycles. The van der Waals surface area contributed by atoms with E-state index in [0.29, 0.717) is 6.42 Å². The Kier molecular flexibility index (Phi) is 4.97. The molecular formula is C13H19NO3. The highest BCUT2D eigenvalue weighted by atomic mass is 16.5. The third-order valence-corrected chi connectivity index (χ3v) is 2.71. The molecule has 0 saturated carbocycles. The Hall–Kier alpha value is -1.55. The molecule has 4 nitrogen and oxygen atoms in total. The van der Waals surface area contributed by atoms with E-state index in [1.165, 1.54) is 7.11 Å². The first-order chi connectivity index (χ1) is 8.08. The van der Waals surface area contributed by atoms with E-state index in [-0.39, 0.29) is 12.0 Å². The first-order valence-electron chi connectivity index (χ1n) is 5.45. The van der Waals surface area contributed by atoms with Gasteiger partial charge in [-0.25, -0.2) is 0 Å². The highest BCUT2D eigenvalue weighted by Gasteiger charge is 2.18. The van der Waals surface area contributed by atoms with Crippen LogP contribution in [-0.4, -0.2) is 39.2 Å². The van der Waals surface area contributed by atoms with Gasteiger partial charge in [0.05, 0.1) is 20.6 Å². The number of rotatable bonds is 5. The number of hydrogen-bond acceptors (Lipinski definition) is 4. The van der Waals surface area contributed by atoms with E-state index < -0.39 is 0 Å². The predicted molar refractivity (Wildman–Crippen MR) is 66.1 cm³/mol. The van der Waals surface area contributed by atoms with Gasteiger partial charge in [0.2, 0.25) is 0 Å². The fourth-order valence-corrected chi connectivity index (χ4v) is 1.67. The number of benzene rings is 1. The Balaban J connectivity index is 2.85. The van der Waals surface area contributed by atoms with Crippen LogP contribution in [0.5, 0.6) is 5.75 Å². The quantitative estimate of drug-likeness (QED) is 0.733. The molecule has 1 aromatic rings. The van der Waals surface area contributed by atoms with Crippen molar-refractivity contribution < 1.29 is 14.3 Å². The van der Waals surface area contributed by atoms with Gasteiger partial charge in [0.15, 0.2) is 0 Å². The summed E-state index contributed by atoms with van der Waals surface area (Å²) in [5.74, 6) is 0.601. The van der Waals surface area contributed by atoms with Crippen molar-refractivity contribution in [1.82, 2.24) is 4.90 Å². The summed E-state index contributed by atoms with van der Waals surface area (Å²) >= 11 is 0. The van der Waals surface area contributed by atoms with Crippen LogP contribution in [0.3, 0.4) is 0 Å². The molecule has 0 aliphatic carbocycles. The SMILES string of the molecule is COC(=O)CC(c1ccc(OC)cc1)N(C)C. The normalized spacial score (nSPS) is 12.3. The third kappa shape index (κ3) is 3.75. The summed E-state index contributed by atoms with van der Waals surface area (Å²) in [5.41, 5.74) is 1.07. The van der Waals surface area contributed by atoms with Gasteiger partial charge in [0.1, 0.15) is 5.75 Å². The molecule has 0 aliphatic rings. The minimum atomic E-state index is -0.209. The van der Waals surface area contributed by atoms with Gasteiger partial charge >= 0.3 is 5.97 Å². The van der Waals surface area contributed by atoms with Gasteiger partial charge < -0.3 is 14.4 Å². The molecule has 1 atom stereocenters. The minimum Gasteiger partial charge on any atom is -0.497 e. The number of esters is 1. The second-order valence-corrected chi connectivity index (χ2v) is 4.03. The van der Waals surface area contributed by atoms with E-state index in [4.69, 9.17) is 9.47 Å². The van der Waals surface area contributed by atoms with Crippen LogP contribution in [0.2, 0.25) is 0 Å². The van der Waals surface area contributed by atoms with Gasteiger partial charge in [-0.3, -0.25) is 4.79 Å². The molecule has 94 valence electrons. The number of hydrogen-bond donors (Lipinski definition) is 0. The molecule has 1 rings (SSSR count). The average Bonchev–Trinajstić information content (AvgIpc) is 2.35. The number of ether oxygens (including phenoxy) is 2. The summed E-state index contributed by atoms with van der Waals surface area (Å²) in [6.45, 7) is 0. The maximum absolute atomic E-state index is 11.3. The molecule has 0 radical (unpaired) electrons. The van der Waals surface area contributed by atoms with Crippen LogP contribution >= 0.6 is 0 Å². The Bertz CT molecular complexity index is 359. The Morgan fingerprint density at radius 2 is 1.82 bits per heavy atom. The van der Waals surface area contributed by atoms with Crippen LogP contribution in [0.1, 0.15) is 18.0 Å². The van der Waals surface area contributed by atoms with Crippen molar-refractivity contribution in [1.29, 1.82) is 0 Å². The summed E-state index contributed by atoms with van der Waals surface area (Å²) < 4.78 is 9.81. The fourth-order valence-electron chi connectivity index (χ4n) is 1.67. The standard InChI is InChI=1S/C13H19NO3/c1-14(2)12(9-13(15)17-4)10-5-7-11(16-3)8-6-10/h5-8,12H,9H2,1-4H3. The molecule has 0 aliphatic heterocycles. The number of carbonyl (C=O) groups excluding carboxylic acids is 1. The predicted octanol–water partition coefficient (Wildman–Crippen LogP) is 1.86. The molecule has 4 heteroatoms. The van der Waals surface area contributed by atoms with Crippen molar-refractivity contribution in [3.63, 3.8) is 0 Å². The Labute approximate surface area is 102 Å². The second kappa shape index (κ2) is 6.25. The summed E-state index contributed by atoms with van der Waals surface area (Å²) in [6.07, 6.45) is 0.343. The topological polar surface area (TPSA) is 38.8 Å². The smallest absolute Gasteiger partial charge is 0.307 e. The number of nitrogens with zero attached hydrogens (tertiary/aromatic N) is 1. The summed E-state index contributed by atoms with van der Waals surface area (Å²) in [4.78, 5) is 13.3. The van der Waals surface area contributed by atoms with Crippen LogP contribution in [0.25, 0.3) is 0 Å². The van der Waals surface area contributed by atoms with Crippen molar-refractivity contribution in [2.75, 3.05) is 28.3 Å². The van der Waals surface area contributed by atoms with E-state index >= 15 is 0 Å². The Morgan fingerprint density at radius 1 is 1.24 bits per heavy atom. The number of methoxy groups -OCH3 is 2. The van der Waals surface area contributed by atoms with Crippen LogP contribution in [0.15, 0.2) is 24.3 Å². The van der Waals surface area contributed by atoms with Gasteiger partial charge in [0.25, 0.3) is 0 Å². The molecule has 1 aromatic carbocycles. The molecule has 0 bridgehead atoms. The average molecular weight is 237 g/mol. The van der Waals surface area contributed by atoms with E-state index in [9.17, 15) is 4.79 Å². The van der Waals surface area contributed by atoms with Crippen LogP contribution in [0, 0.1) is 0 Å². The Morgan fingerprint density at radius 3 is 2.24 bits per heavy atom. The van der Waals surface area contributed by atoms with Crippen molar-refractivity contribution >= 4 is 5.97 Å². The molecule has 0 N–H and O–H groups in total.